The summed E-state index contributed by atoms with van der Waals surface area (Å²) in [5, 5.41) is 15.2. The van der Waals surface area contributed by atoms with Crippen molar-refractivity contribution in [3.8, 4) is 0 Å². The van der Waals surface area contributed by atoms with Crippen LogP contribution >= 0.6 is 11.8 Å². The quantitative estimate of drug-likeness (QED) is 0.773. The number of rotatable bonds is 7. The molecule has 0 spiro atoms. The van der Waals surface area contributed by atoms with E-state index in [1.54, 1.807) is 4.68 Å². The molecule has 0 radical (unpaired) electrons. The lowest BCUT2D eigenvalue weighted by Gasteiger charge is -2.10. The Hall–Kier alpha value is -1.93. The number of nitrogens with zero attached hydrogens (tertiary/aromatic N) is 4. The molecule has 2 aromatic rings. The Labute approximate surface area is 145 Å². The van der Waals surface area contributed by atoms with Crippen molar-refractivity contribution in [1.82, 2.24) is 20.2 Å². The first-order valence-corrected chi connectivity index (χ1v) is 9.12. The lowest BCUT2D eigenvalue weighted by atomic mass is 10.1. The number of benzene rings is 1. The zero-order chi connectivity index (χ0) is 16.8. The SMILES string of the molecule is CCc1ccc(NC(=O)CSc2nnnn2CC2CCCO2)cc1. The molecule has 1 atom stereocenters. The molecule has 1 aromatic heterocycles. The minimum absolute atomic E-state index is 0.0732. The van der Waals surface area contributed by atoms with Crippen molar-refractivity contribution in [3.63, 3.8) is 0 Å². The number of aryl methyl sites for hydroxylation is 1. The highest BCUT2D eigenvalue weighted by atomic mass is 32.2. The first kappa shape index (κ1) is 16.9. The van der Waals surface area contributed by atoms with E-state index in [1.807, 2.05) is 24.3 Å². The molecule has 1 fully saturated rings. The highest BCUT2D eigenvalue weighted by Gasteiger charge is 2.19. The van der Waals surface area contributed by atoms with Crippen molar-refractivity contribution in [2.45, 2.75) is 44.0 Å². The molecule has 1 unspecified atom stereocenters. The summed E-state index contributed by atoms with van der Waals surface area (Å²) in [5.41, 5.74) is 2.05. The van der Waals surface area contributed by atoms with Crippen LogP contribution in [0, 0.1) is 0 Å². The fourth-order valence-electron chi connectivity index (χ4n) is 2.55. The Morgan fingerprint density at radius 2 is 2.25 bits per heavy atom. The molecule has 0 bridgehead atoms. The average Bonchev–Trinajstić information content (AvgIpc) is 3.26. The van der Waals surface area contributed by atoms with E-state index >= 15 is 0 Å². The maximum Gasteiger partial charge on any atom is 0.234 e. The monoisotopic (exact) mass is 347 g/mol. The van der Waals surface area contributed by atoms with Crippen LogP contribution in [0.25, 0.3) is 0 Å². The zero-order valence-corrected chi connectivity index (χ0v) is 14.5. The smallest absolute Gasteiger partial charge is 0.234 e. The molecular formula is C16H21N5O2S. The van der Waals surface area contributed by atoms with Gasteiger partial charge in [0.25, 0.3) is 0 Å². The van der Waals surface area contributed by atoms with Gasteiger partial charge in [-0.25, -0.2) is 4.68 Å². The Morgan fingerprint density at radius 3 is 2.96 bits per heavy atom. The van der Waals surface area contributed by atoms with Crippen molar-refractivity contribution >= 4 is 23.4 Å². The standard InChI is InChI=1S/C16H21N5O2S/c1-2-12-5-7-13(8-6-12)17-15(22)11-24-16-18-19-20-21(16)10-14-4-3-9-23-14/h5-8,14H,2-4,9-11H2,1H3,(H,17,22). The van der Waals surface area contributed by atoms with Gasteiger partial charge in [-0.3, -0.25) is 4.79 Å². The van der Waals surface area contributed by atoms with Gasteiger partial charge in [0.15, 0.2) is 0 Å². The third-order valence-corrected chi connectivity index (χ3v) is 4.84. The fourth-order valence-corrected chi connectivity index (χ4v) is 3.23. The second kappa shape index (κ2) is 8.25. The van der Waals surface area contributed by atoms with Crippen LogP contribution in [-0.4, -0.2) is 44.6 Å². The highest BCUT2D eigenvalue weighted by molar-refractivity contribution is 7.99. The van der Waals surface area contributed by atoms with Crippen LogP contribution in [0.1, 0.15) is 25.3 Å². The van der Waals surface area contributed by atoms with E-state index in [1.165, 1.54) is 17.3 Å². The number of carbonyl (C=O) groups is 1. The summed E-state index contributed by atoms with van der Waals surface area (Å²) < 4.78 is 7.31. The van der Waals surface area contributed by atoms with Gasteiger partial charge in [-0.2, -0.15) is 0 Å². The maximum atomic E-state index is 12.1. The maximum absolute atomic E-state index is 12.1. The minimum Gasteiger partial charge on any atom is -0.376 e. The molecule has 1 amide bonds. The zero-order valence-electron chi connectivity index (χ0n) is 13.6. The van der Waals surface area contributed by atoms with Crippen LogP contribution < -0.4 is 5.32 Å². The predicted octanol–water partition coefficient (Wildman–Crippen LogP) is 2.15. The summed E-state index contributed by atoms with van der Waals surface area (Å²) in [6.07, 6.45) is 3.25. The van der Waals surface area contributed by atoms with Gasteiger partial charge in [0, 0.05) is 12.3 Å². The number of ether oxygens (including phenoxy) is 1. The molecule has 1 aromatic carbocycles. The number of thioether (sulfide) groups is 1. The molecule has 24 heavy (non-hydrogen) atoms. The lowest BCUT2D eigenvalue weighted by Crippen LogP contribution is -2.18. The second-order valence-corrected chi connectivity index (χ2v) is 6.61. The van der Waals surface area contributed by atoms with Gasteiger partial charge in [0.1, 0.15) is 0 Å². The Bertz CT molecular complexity index is 667. The van der Waals surface area contributed by atoms with Gasteiger partial charge >= 0.3 is 0 Å². The molecule has 0 aliphatic carbocycles. The molecule has 1 aliphatic rings. The van der Waals surface area contributed by atoms with Gasteiger partial charge in [0.05, 0.1) is 18.4 Å². The van der Waals surface area contributed by atoms with Gasteiger partial charge < -0.3 is 10.1 Å². The third kappa shape index (κ3) is 4.55. The van der Waals surface area contributed by atoms with Crippen LogP contribution in [0.15, 0.2) is 29.4 Å². The molecule has 2 heterocycles. The van der Waals surface area contributed by atoms with Crippen molar-refractivity contribution < 1.29 is 9.53 Å². The number of nitrogens with one attached hydrogen (secondary N) is 1. The molecule has 7 nitrogen and oxygen atoms in total. The number of hydrogen-bond acceptors (Lipinski definition) is 6. The normalized spacial score (nSPS) is 17.1. The van der Waals surface area contributed by atoms with Gasteiger partial charge in [-0.1, -0.05) is 30.8 Å². The molecule has 1 aliphatic heterocycles. The van der Waals surface area contributed by atoms with Crippen LogP contribution in [0.2, 0.25) is 0 Å². The highest BCUT2D eigenvalue weighted by Crippen LogP contribution is 2.19. The first-order chi connectivity index (χ1) is 11.7. The molecule has 1 N–H and O–H groups in total. The first-order valence-electron chi connectivity index (χ1n) is 8.14. The summed E-state index contributed by atoms with van der Waals surface area (Å²) in [7, 11) is 0. The number of aromatic nitrogens is 4. The molecule has 3 rings (SSSR count). The van der Waals surface area contributed by atoms with Gasteiger partial charge in [-0.15, -0.1) is 5.10 Å². The van der Waals surface area contributed by atoms with Crippen molar-refractivity contribution in [1.29, 1.82) is 0 Å². The van der Waals surface area contributed by atoms with Crippen LogP contribution in [0.4, 0.5) is 5.69 Å². The molecule has 8 heteroatoms. The van der Waals surface area contributed by atoms with E-state index < -0.39 is 0 Å². The fraction of sp³-hybridized carbons (Fsp3) is 0.500. The van der Waals surface area contributed by atoms with Gasteiger partial charge in [-0.05, 0) is 47.4 Å². The Kier molecular flexibility index (Phi) is 5.81. The van der Waals surface area contributed by atoms with Crippen LogP contribution in [0.3, 0.4) is 0 Å². The molecule has 0 saturated carbocycles. The second-order valence-electron chi connectivity index (χ2n) is 5.67. The number of amides is 1. The van der Waals surface area contributed by atoms with E-state index in [2.05, 4.69) is 27.8 Å². The lowest BCUT2D eigenvalue weighted by molar-refractivity contribution is -0.113. The summed E-state index contributed by atoms with van der Waals surface area (Å²) in [6, 6.07) is 7.88. The van der Waals surface area contributed by atoms with E-state index in [4.69, 9.17) is 4.74 Å². The number of hydrogen-bond donors (Lipinski definition) is 1. The molecule has 128 valence electrons. The number of carbonyl (C=O) groups excluding carboxylic acids is 1. The summed E-state index contributed by atoms with van der Waals surface area (Å²) in [6.45, 7) is 3.54. The van der Waals surface area contributed by atoms with E-state index in [-0.39, 0.29) is 17.8 Å². The van der Waals surface area contributed by atoms with Gasteiger partial charge in [0.2, 0.25) is 11.1 Å². The van der Waals surface area contributed by atoms with E-state index in [0.29, 0.717) is 11.7 Å². The summed E-state index contributed by atoms with van der Waals surface area (Å²) in [5.74, 6) is 0.192. The van der Waals surface area contributed by atoms with Crippen LogP contribution in [0.5, 0.6) is 0 Å². The summed E-state index contributed by atoms with van der Waals surface area (Å²) in [4.78, 5) is 12.1. The summed E-state index contributed by atoms with van der Waals surface area (Å²) >= 11 is 1.33. The third-order valence-electron chi connectivity index (χ3n) is 3.88. The Morgan fingerprint density at radius 1 is 1.42 bits per heavy atom. The van der Waals surface area contributed by atoms with Crippen molar-refractivity contribution in [2.24, 2.45) is 0 Å². The topological polar surface area (TPSA) is 81.9 Å². The number of tetrazole rings is 1. The predicted molar refractivity (Wildman–Crippen MR) is 92.0 cm³/mol. The van der Waals surface area contributed by atoms with E-state index in [0.717, 1.165) is 31.6 Å². The van der Waals surface area contributed by atoms with Crippen molar-refractivity contribution in [3.05, 3.63) is 29.8 Å². The molecule has 1 saturated heterocycles. The van der Waals surface area contributed by atoms with Crippen LogP contribution in [-0.2, 0) is 22.5 Å². The molecular weight excluding hydrogens is 326 g/mol. The average molecular weight is 347 g/mol. The Balaban J connectivity index is 1.49. The minimum atomic E-state index is -0.0732. The number of anilines is 1. The largest absolute Gasteiger partial charge is 0.376 e. The van der Waals surface area contributed by atoms with Crippen molar-refractivity contribution in [2.75, 3.05) is 17.7 Å². The van der Waals surface area contributed by atoms with E-state index in [9.17, 15) is 4.79 Å².